The molecule has 0 spiro atoms. The molecule has 0 saturated heterocycles. The van der Waals surface area contributed by atoms with Crippen molar-refractivity contribution in [1.29, 1.82) is 0 Å². The number of halogens is 1. The average Bonchev–Trinajstić information content (AvgIpc) is 2.71. The summed E-state index contributed by atoms with van der Waals surface area (Å²) in [4.78, 5) is 13.4. The third-order valence-corrected chi connectivity index (χ3v) is 4.60. The van der Waals surface area contributed by atoms with E-state index in [-0.39, 0.29) is 18.6 Å². The normalized spacial score (nSPS) is 12.0. The minimum Gasteiger partial charge on any atom is -0.394 e. The van der Waals surface area contributed by atoms with Crippen LogP contribution >= 0.6 is 11.6 Å². The molecule has 3 aromatic rings. The Morgan fingerprint density at radius 2 is 1.96 bits per heavy atom. The van der Waals surface area contributed by atoms with Gasteiger partial charge in [-0.25, -0.2) is 4.98 Å². The van der Waals surface area contributed by atoms with E-state index >= 15 is 0 Å². The highest BCUT2D eigenvalue weighted by Crippen LogP contribution is 2.22. The number of aromatic nitrogens is 3. The van der Waals surface area contributed by atoms with Crippen molar-refractivity contribution in [2.24, 2.45) is 5.92 Å². The van der Waals surface area contributed by atoms with E-state index in [1.165, 1.54) is 0 Å². The highest BCUT2D eigenvalue weighted by atomic mass is 35.5. The summed E-state index contributed by atoms with van der Waals surface area (Å²) in [6, 6.07) is 13.3. The van der Waals surface area contributed by atoms with Gasteiger partial charge >= 0.3 is 0 Å². The van der Waals surface area contributed by atoms with Gasteiger partial charge in [0.15, 0.2) is 0 Å². The Bertz CT molecular complexity index is 904. The van der Waals surface area contributed by atoms with Crippen LogP contribution in [0.4, 0.5) is 11.8 Å². The predicted molar refractivity (Wildman–Crippen MR) is 113 cm³/mol. The Balaban J connectivity index is 1.88. The van der Waals surface area contributed by atoms with Gasteiger partial charge in [-0.15, -0.1) is 0 Å². The van der Waals surface area contributed by atoms with Gasteiger partial charge in [-0.2, -0.15) is 4.98 Å². The van der Waals surface area contributed by atoms with Crippen LogP contribution < -0.4 is 10.6 Å². The molecule has 1 aromatic carbocycles. The van der Waals surface area contributed by atoms with Gasteiger partial charge in [0.1, 0.15) is 5.82 Å². The van der Waals surface area contributed by atoms with E-state index in [2.05, 4.69) is 25.6 Å². The summed E-state index contributed by atoms with van der Waals surface area (Å²) in [5.74, 6) is 1.37. The molecule has 7 heteroatoms. The fraction of sp³-hybridized carbons (Fsp3) is 0.286. The fourth-order valence-corrected chi connectivity index (χ4v) is 2.91. The summed E-state index contributed by atoms with van der Waals surface area (Å²) in [6.07, 6.45) is 3.49. The van der Waals surface area contributed by atoms with Crippen molar-refractivity contribution < 1.29 is 5.11 Å². The van der Waals surface area contributed by atoms with Crippen LogP contribution in [0.3, 0.4) is 0 Å². The predicted octanol–water partition coefficient (Wildman–Crippen LogP) is 4.23. The Hall–Kier alpha value is -2.70. The van der Waals surface area contributed by atoms with E-state index < -0.39 is 0 Å². The average molecular weight is 398 g/mol. The van der Waals surface area contributed by atoms with Crippen LogP contribution in [0.5, 0.6) is 0 Å². The van der Waals surface area contributed by atoms with Gasteiger partial charge in [-0.3, -0.25) is 4.98 Å². The smallest absolute Gasteiger partial charge is 0.225 e. The summed E-state index contributed by atoms with van der Waals surface area (Å²) in [5.41, 5.74) is 2.70. The van der Waals surface area contributed by atoms with Gasteiger partial charge in [-0.1, -0.05) is 37.6 Å². The first-order chi connectivity index (χ1) is 13.5. The molecular weight excluding hydrogens is 374 g/mol. The molecule has 0 radical (unpaired) electrons. The summed E-state index contributed by atoms with van der Waals surface area (Å²) in [6.45, 7) is 4.66. The zero-order chi connectivity index (χ0) is 19.9. The minimum atomic E-state index is -0.134. The van der Waals surface area contributed by atoms with Crippen molar-refractivity contribution in [2.45, 2.75) is 26.4 Å². The maximum Gasteiger partial charge on any atom is 0.225 e. The van der Waals surface area contributed by atoms with Crippen LogP contribution in [-0.2, 0) is 6.54 Å². The van der Waals surface area contributed by atoms with Crippen LogP contribution in [-0.4, -0.2) is 32.7 Å². The number of hydrogen-bond donors (Lipinski definition) is 3. The highest BCUT2D eigenvalue weighted by molar-refractivity contribution is 6.30. The van der Waals surface area contributed by atoms with E-state index in [0.29, 0.717) is 23.3 Å². The van der Waals surface area contributed by atoms with Crippen molar-refractivity contribution in [1.82, 2.24) is 15.0 Å². The largest absolute Gasteiger partial charge is 0.394 e. The Labute approximate surface area is 170 Å². The summed E-state index contributed by atoms with van der Waals surface area (Å²) >= 11 is 6.07. The maximum atomic E-state index is 9.64. The van der Waals surface area contributed by atoms with Crippen LogP contribution in [0, 0.1) is 5.92 Å². The van der Waals surface area contributed by atoms with E-state index in [0.717, 1.165) is 16.8 Å². The SMILES string of the molecule is CC(C)[C@@H](CO)Nc1nc(NCc2cccc(Cl)c2)cc(-c2cccnc2)n1. The lowest BCUT2D eigenvalue weighted by atomic mass is 10.1. The summed E-state index contributed by atoms with van der Waals surface area (Å²) in [7, 11) is 0. The van der Waals surface area contributed by atoms with Gasteiger partial charge in [0.2, 0.25) is 5.95 Å². The number of nitrogens with one attached hydrogen (secondary N) is 2. The zero-order valence-electron chi connectivity index (χ0n) is 15.9. The van der Waals surface area contributed by atoms with Crippen molar-refractivity contribution in [3.8, 4) is 11.3 Å². The van der Waals surface area contributed by atoms with Crippen LogP contribution in [0.15, 0.2) is 54.9 Å². The fourth-order valence-electron chi connectivity index (χ4n) is 2.69. The van der Waals surface area contributed by atoms with Crippen LogP contribution in [0.1, 0.15) is 19.4 Å². The lowest BCUT2D eigenvalue weighted by Crippen LogP contribution is -2.30. The van der Waals surface area contributed by atoms with E-state index in [9.17, 15) is 5.11 Å². The molecule has 3 rings (SSSR count). The molecule has 146 valence electrons. The Kier molecular flexibility index (Phi) is 6.79. The third kappa shape index (κ3) is 5.41. The topological polar surface area (TPSA) is 83.0 Å². The number of pyridine rings is 1. The molecule has 0 bridgehead atoms. The number of aliphatic hydroxyl groups is 1. The second kappa shape index (κ2) is 9.48. The zero-order valence-corrected chi connectivity index (χ0v) is 16.7. The van der Waals surface area contributed by atoms with Crippen molar-refractivity contribution in [2.75, 3.05) is 17.2 Å². The molecule has 6 nitrogen and oxygen atoms in total. The van der Waals surface area contributed by atoms with Crippen LogP contribution in [0.2, 0.25) is 5.02 Å². The molecule has 0 saturated carbocycles. The second-order valence-corrected chi connectivity index (χ2v) is 7.30. The molecule has 28 heavy (non-hydrogen) atoms. The number of benzene rings is 1. The minimum absolute atomic E-state index is 0.00340. The third-order valence-electron chi connectivity index (χ3n) is 4.36. The molecule has 0 unspecified atom stereocenters. The molecule has 2 aromatic heterocycles. The van der Waals surface area contributed by atoms with E-state index in [1.807, 2.05) is 56.3 Å². The molecule has 0 amide bonds. The highest BCUT2D eigenvalue weighted by Gasteiger charge is 2.15. The standard InChI is InChI=1S/C21H24ClN5O/c1-14(2)19(13-28)26-21-25-18(16-6-4-8-23-12-16)10-20(27-21)24-11-15-5-3-7-17(22)9-15/h3-10,12,14,19,28H,11,13H2,1-2H3,(H2,24,25,26,27)/t19-/m1/s1. The number of hydrogen-bond acceptors (Lipinski definition) is 6. The van der Waals surface area contributed by atoms with Crippen molar-refractivity contribution in [3.63, 3.8) is 0 Å². The molecule has 0 aliphatic rings. The Morgan fingerprint density at radius 3 is 2.64 bits per heavy atom. The first kappa shape index (κ1) is 20.0. The maximum absolute atomic E-state index is 9.64. The number of rotatable bonds is 8. The summed E-state index contributed by atoms with van der Waals surface area (Å²) < 4.78 is 0. The molecule has 0 aliphatic carbocycles. The molecule has 2 heterocycles. The van der Waals surface area contributed by atoms with E-state index in [4.69, 9.17) is 11.6 Å². The number of aliphatic hydroxyl groups excluding tert-OH is 1. The molecular formula is C21H24ClN5O. The van der Waals surface area contributed by atoms with Crippen molar-refractivity contribution >= 4 is 23.4 Å². The van der Waals surface area contributed by atoms with Gasteiger partial charge in [0, 0.05) is 35.6 Å². The van der Waals surface area contributed by atoms with Gasteiger partial charge in [0.25, 0.3) is 0 Å². The monoisotopic (exact) mass is 397 g/mol. The molecule has 0 fully saturated rings. The lowest BCUT2D eigenvalue weighted by Gasteiger charge is -2.20. The van der Waals surface area contributed by atoms with Gasteiger partial charge < -0.3 is 15.7 Å². The second-order valence-electron chi connectivity index (χ2n) is 6.86. The van der Waals surface area contributed by atoms with Gasteiger partial charge in [-0.05, 0) is 35.7 Å². The van der Waals surface area contributed by atoms with Crippen LogP contribution in [0.25, 0.3) is 11.3 Å². The number of anilines is 2. The Morgan fingerprint density at radius 1 is 1.11 bits per heavy atom. The van der Waals surface area contributed by atoms with Crippen molar-refractivity contribution in [3.05, 3.63) is 65.4 Å². The quantitative estimate of drug-likeness (QED) is 0.527. The first-order valence-electron chi connectivity index (χ1n) is 9.20. The first-order valence-corrected chi connectivity index (χ1v) is 9.58. The van der Waals surface area contributed by atoms with E-state index in [1.54, 1.807) is 12.4 Å². The van der Waals surface area contributed by atoms with Gasteiger partial charge in [0.05, 0.1) is 18.3 Å². The lowest BCUT2D eigenvalue weighted by molar-refractivity contribution is 0.248. The summed E-state index contributed by atoms with van der Waals surface area (Å²) in [5, 5.41) is 16.9. The molecule has 0 aliphatic heterocycles. The molecule has 3 N–H and O–H groups in total. The molecule has 1 atom stereocenters. The number of nitrogens with zero attached hydrogens (tertiary/aromatic N) is 3.